The summed E-state index contributed by atoms with van der Waals surface area (Å²) in [7, 11) is 6.10. The molecule has 5 heteroatoms. The van der Waals surface area contributed by atoms with Gasteiger partial charge >= 0.3 is 0 Å². The second-order valence-electron chi connectivity index (χ2n) is 7.94. The van der Waals surface area contributed by atoms with Gasteiger partial charge in [0, 0.05) is 42.1 Å². The molecule has 0 aliphatic rings. The first kappa shape index (κ1) is 19.9. The van der Waals surface area contributed by atoms with Gasteiger partial charge in [-0.15, -0.1) is 0 Å². The highest BCUT2D eigenvalue weighted by atomic mass is 15.3. The molecule has 0 unspecified atom stereocenters. The minimum atomic E-state index is 0.782. The van der Waals surface area contributed by atoms with Crippen LogP contribution in [0, 0.1) is 6.92 Å². The van der Waals surface area contributed by atoms with Gasteiger partial charge in [-0.05, 0) is 55.2 Å². The number of hydrogen-bond acceptors (Lipinski definition) is 4. The maximum absolute atomic E-state index is 4.56. The van der Waals surface area contributed by atoms with Crippen LogP contribution in [0.3, 0.4) is 0 Å². The number of pyridine rings is 1. The van der Waals surface area contributed by atoms with E-state index in [9.17, 15) is 0 Å². The minimum Gasteiger partial charge on any atom is -0.340 e. The fourth-order valence-electron chi connectivity index (χ4n) is 3.56. The molecule has 4 rings (SSSR count). The Morgan fingerprint density at radius 1 is 1.03 bits per heavy atom. The van der Waals surface area contributed by atoms with Crippen molar-refractivity contribution < 1.29 is 0 Å². The fourth-order valence-corrected chi connectivity index (χ4v) is 3.56. The summed E-state index contributed by atoms with van der Waals surface area (Å²) in [6.45, 7) is 7.20. The first-order chi connectivity index (χ1) is 14.4. The van der Waals surface area contributed by atoms with Crippen LogP contribution in [0.15, 0.2) is 67.5 Å². The van der Waals surface area contributed by atoms with Gasteiger partial charge in [0.25, 0.3) is 0 Å². The van der Waals surface area contributed by atoms with Crippen LogP contribution in [0.25, 0.3) is 27.6 Å². The van der Waals surface area contributed by atoms with Gasteiger partial charge in [0.05, 0.1) is 6.20 Å². The van der Waals surface area contributed by atoms with Crippen LogP contribution in [0.1, 0.15) is 16.8 Å². The molecular weight excluding hydrogens is 370 g/mol. The molecule has 0 atom stereocenters. The van der Waals surface area contributed by atoms with E-state index in [4.69, 9.17) is 0 Å². The lowest BCUT2D eigenvalue weighted by Crippen LogP contribution is -2.10. The standard InChI is InChI=1S/C25H27N5/c1-17(20-8-6-19(7-9-20)16-29(3)4)28-25-13-23-12-21(10-11-22(23)14-26-25)24-15-27-30(5)18(24)2/h6-15H,1,16H2,2-5H3,(H,26,28). The molecule has 2 heterocycles. The molecule has 0 saturated carbocycles. The molecule has 2 aromatic heterocycles. The molecule has 0 aliphatic heterocycles. The van der Waals surface area contributed by atoms with Crippen molar-refractivity contribution in [2.45, 2.75) is 13.5 Å². The number of anilines is 1. The Morgan fingerprint density at radius 3 is 2.47 bits per heavy atom. The first-order valence-electron chi connectivity index (χ1n) is 9.99. The molecule has 0 amide bonds. The van der Waals surface area contributed by atoms with Crippen LogP contribution in [0.2, 0.25) is 0 Å². The fraction of sp³-hybridized carbons (Fsp3) is 0.200. The van der Waals surface area contributed by atoms with E-state index in [0.29, 0.717) is 0 Å². The third-order valence-electron chi connectivity index (χ3n) is 5.35. The van der Waals surface area contributed by atoms with Gasteiger partial charge in [0.15, 0.2) is 0 Å². The summed E-state index contributed by atoms with van der Waals surface area (Å²) in [5.41, 5.74) is 6.61. The van der Waals surface area contributed by atoms with E-state index in [1.165, 1.54) is 5.56 Å². The van der Waals surface area contributed by atoms with Crippen molar-refractivity contribution in [3.05, 3.63) is 84.3 Å². The van der Waals surface area contributed by atoms with Crippen LogP contribution < -0.4 is 5.32 Å². The monoisotopic (exact) mass is 397 g/mol. The van der Waals surface area contributed by atoms with E-state index in [1.54, 1.807) is 0 Å². The van der Waals surface area contributed by atoms with Crippen LogP contribution in [-0.4, -0.2) is 33.8 Å². The Balaban J connectivity index is 1.57. The summed E-state index contributed by atoms with van der Waals surface area (Å²) >= 11 is 0. The Labute approximate surface area is 177 Å². The highest BCUT2D eigenvalue weighted by Crippen LogP contribution is 2.28. The smallest absolute Gasteiger partial charge is 0.130 e. The lowest BCUT2D eigenvalue weighted by Gasteiger charge is -2.13. The topological polar surface area (TPSA) is 46.0 Å². The van der Waals surface area contributed by atoms with E-state index < -0.39 is 0 Å². The van der Waals surface area contributed by atoms with E-state index in [-0.39, 0.29) is 0 Å². The zero-order valence-corrected chi connectivity index (χ0v) is 18.0. The number of rotatable bonds is 6. The number of fused-ring (bicyclic) bond motifs is 1. The molecule has 152 valence electrons. The zero-order chi connectivity index (χ0) is 21.3. The summed E-state index contributed by atoms with van der Waals surface area (Å²) < 4.78 is 1.90. The maximum Gasteiger partial charge on any atom is 0.130 e. The molecule has 2 aromatic carbocycles. The van der Waals surface area contributed by atoms with E-state index >= 15 is 0 Å². The SMILES string of the molecule is C=C(Nc1cc2cc(-c3cnn(C)c3C)ccc2cn1)c1ccc(CN(C)C)cc1. The summed E-state index contributed by atoms with van der Waals surface area (Å²) in [6, 6.07) is 16.9. The van der Waals surface area contributed by atoms with Crippen LogP contribution in [0.5, 0.6) is 0 Å². The van der Waals surface area contributed by atoms with Gasteiger partial charge in [-0.3, -0.25) is 4.68 Å². The average molecular weight is 398 g/mol. The maximum atomic E-state index is 4.56. The second-order valence-corrected chi connectivity index (χ2v) is 7.94. The third-order valence-corrected chi connectivity index (χ3v) is 5.35. The van der Waals surface area contributed by atoms with Gasteiger partial charge in [-0.1, -0.05) is 43.0 Å². The molecule has 0 bridgehead atoms. The first-order valence-corrected chi connectivity index (χ1v) is 9.99. The zero-order valence-electron chi connectivity index (χ0n) is 18.0. The van der Waals surface area contributed by atoms with Crippen molar-refractivity contribution in [1.82, 2.24) is 19.7 Å². The lowest BCUT2D eigenvalue weighted by atomic mass is 10.0. The number of aromatic nitrogens is 3. The van der Waals surface area contributed by atoms with Crippen molar-refractivity contribution in [2.75, 3.05) is 19.4 Å². The van der Waals surface area contributed by atoms with Crippen LogP contribution >= 0.6 is 0 Å². The van der Waals surface area contributed by atoms with Crippen molar-refractivity contribution >= 4 is 22.3 Å². The van der Waals surface area contributed by atoms with Crippen molar-refractivity contribution in [3.63, 3.8) is 0 Å². The Bertz CT molecular complexity index is 1200. The molecule has 0 fully saturated rings. The predicted molar refractivity (Wildman–Crippen MR) is 125 cm³/mol. The summed E-state index contributed by atoms with van der Waals surface area (Å²) in [4.78, 5) is 6.71. The summed E-state index contributed by atoms with van der Waals surface area (Å²) in [6.07, 6.45) is 3.81. The third kappa shape index (κ3) is 4.11. The Hall–Kier alpha value is -3.44. The number of aryl methyl sites for hydroxylation is 1. The molecule has 5 nitrogen and oxygen atoms in total. The van der Waals surface area contributed by atoms with Crippen LogP contribution in [0.4, 0.5) is 5.82 Å². The molecule has 30 heavy (non-hydrogen) atoms. The van der Waals surface area contributed by atoms with Gasteiger partial charge in [-0.25, -0.2) is 4.98 Å². The Kier molecular flexibility index (Phi) is 5.38. The van der Waals surface area contributed by atoms with Crippen molar-refractivity contribution in [2.24, 2.45) is 7.05 Å². The number of nitrogens with zero attached hydrogens (tertiary/aromatic N) is 4. The molecular formula is C25H27N5. The highest BCUT2D eigenvalue weighted by Gasteiger charge is 2.08. The molecule has 0 radical (unpaired) electrons. The minimum absolute atomic E-state index is 0.782. The largest absolute Gasteiger partial charge is 0.340 e. The van der Waals surface area contributed by atoms with Gasteiger partial charge < -0.3 is 10.2 Å². The number of hydrogen-bond donors (Lipinski definition) is 1. The van der Waals surface area contributed by atoms with E-state index in [0.717, 1.165) is 51.2 Å². The Morgan fingerprint density at radius 2 is 1.80 bits per heavy atom. The second kappa shape index (κ2) is 8.13. The van der Waals surface area contributed by atoms with E-state index in [2.05, 4.69) is 96.4 Å². The number of nitrogens with one attached hydrogen (secondary N) is 1. The molecule has 4 aromatic rings. The van der Waals surface area contributed by atoms with Gasteiger partial charge in [-0.2, -0.15) is 5.10 Å². The molecule has 0 saturated heterocycles. The highest BCUT2D eigenvalue weighted by molar-refractivity contribution is 5.89. The summed E-state index contributed by atoms with van der Waals surface area (Å²) in [5, 5.41) is 9.94. The summed E-state index contributed by atoms with van der Waals surface area (Å²) in [5.74, 6) is 0.782. The molecule has 0 aliphatic carbocycles. The van der Waals surface area contributed by atoms with Crippen molar-refractivity contribution in [1.29, 1.82) is 0 Å². The molecule has 0 spiro atoms. The van der Waals surface area contributed by atoms with Gasteiger partial charge in [0.1, 0.15) is 5.82 Å². The molecule has 1 N–H and O–H groups in total. The quantitative estimate of drug-likeness (QED) is 0.492. The lowest BCUT2D eigenvalue weighted by molar-refractivity contribution is 0.402. The van der Waals surface area contributed by atoms with Crippen LogP contribution in [-0.2, 0) is 13.6 Å². The average Bonchev–Trinajstić information content (AvgIpc) is 3.06. The van der Waals surface area contributed by atoms with Gasteiger partial charge in [0.2, 0.25) is 0 Å². The van der Waals surface area contributed by atoms with Crippen molar-refractivity contribution in [3.8, 4) is 11.1 Å². The van der Waals surface area contributed by atoms with E-state index in [1.807, 2.05) is 24.1 Å². The number of benzene rings is 2. The normalized spacial score (nSPS) is 11.2. The predicted octanol–water partition coefficient (Wildman–Crippen LogP) is 5.09.